The lowest BCUT2D eigenvalue weighted by atomic mass is 10.0. The minimum atomic E-state index is -0.878. The molecule has 0 bridgehead atoms. The second-order valence-corrected chi connectivity index (χ2v) is 6.75. The van der Waals surface area contributed by atoms with Crippen LogP contribution in [-0.4, -0.2) is 18.4 Å². The first kappa shape index (κ1) is 17.2. The zero-order valence-electron chi connectivity index (χ0n) is 14.5. The fourth-order valence-corrected chi connectivity index (χ4v) is 2.96. The molecule has 0 heterocycles. The van der Waals surface area contributed by atoms with Gasteiger partial charge in [-0.3, -0.25) is 9.59 Å². The molecule has 0 saturated heterocycles. The summed E-state index contributed by atoms with van der Waals surface area (Å²) in [5.74, 6) is -0.343. The zero-order chi connectivity index (χ0) is 17.7. The lowest BCUT2D eigenvalue weighted by Gasteiger charge is -2.15. The molecule has 0 atom stereocenters. The highest BCUT2D eigenvalue weighted by molar-refractivity contribution is 6.13. The van der Waals surface area contributed by atoms with Gasteiger partial charge in [0.1, 0.15) is 5.41 Å². The zero-order valence-corrected chi connectivity index (χ0v) is 14.5. The fourth-order valence-electron chi connectivity index (χ4n) is 2.96. The monoisotopic (exact) mass is 336 g/mol. The van der Waals surface area contributed by atoms with Gasteiger partial charge in [0.15, 0.2) is 0 Å². The summed E-state index contributed by atoms with van der Waals surface area (Å²) >= 11 is 0. The Hall–Kier alpha value is -2.62. The Labute approximate surface area is 148 Å². The van der Waals surface area contributed by atoms with Crippen LogP contribution in [0.25, 0.3) is 0 Å². The van der Waals surface area contributed by atoms with Crippen molar-refractivity contribution in [1.29, 1.82) is 0 Å². The van der Waals surface area contributed by atoms with Crippen molar-refractivity contribution in [3.05, 3.63) is 65.7 Å². The molecular weight excluding hydrogens is 312 g/mol. The second kappa shape index (κ2) is 7.51. The van der Waals surface area contributed by atoms with Crippen molar-refractivity contribution in [3.63, 3.8) is 0 Å². The van der Waals surface area contributed by atoms with Gasteiger partial charge < -0.3 is 10.6 Å². The third-order valence-electron chi connectivity index (χ3n) is 4.67. The van der Waals surface area contributed by atoms with Crippen LogP contribution in [0.1, 0.15) is 30.4 Å². The minimum Gasteiger partial charge on any atom is -0.355 e. The van der Waals surface area contributed by atoms with Gasteiger partial charge in [0.2, 0.25) is 11.8 Å². The fraction of sp³-hybridized carbons (Fsp3) is 0.333. The van der Waals surface area contributed by atoms with Crippen LogP contribution in [0.15, 0.2) is 54.6 Å². The van der Waals surface area contributed by atoms with Crippen LogP contribution in [0.4, 0.5) is 5.69 Å². The first-order chi connectivity index (χ1) is 12.1. The predicted octanol–water partition coefficient (Wildman–Crippen LogP) is 3.46. The van der Waals surface area contributed by atoms with Crippen molar-refractivity contribution in [2.45, 2.75) is 32.6 Å². The normalized spacial score (nSPS) is 14.6. The molecule has 1 fully saturated rings. The van der Waals surface area contributed by atoms with E-state index >= 15 is 0 Å². The van der Waals surface area contributed by atoms with Crippen LogP contribution in [0, 0.1) is 12.3 Å². The number of rotatable bonds is 7. The molecule has 25 heavy (non-hydrogen) atoms. The van der Waals surface area contributed by atoms with Crippen molar-refractivity contribution in [3.8, 4) is 0 Å². The second-order valence-electron chi connectivity index (χ2n) is 6.75. The number of benzene rings is 2. The Bertz CT molecular complexity index is 752. The van der Waals surface area contributed by atoms with Crippen LogP contribution < -0.4 is 10.6 Å². The molecule has 0 spiro atoms. The molecule has 0 unspecified atom stereocenters. The summed E-state index contributed by atoms with van der Waals surface area (Å²) in [6.45, 7) is 2.56. The molecule has 0 aromatic heterocycles. The maximum absolute atomic E-state index is 12.5. The van der Waals surface area contributed by atoms with Crippen LogP contribution >= 0.6 is 0 Å². The maximum Gasteiger partial charge on any atom is 0.240 e. The van der Waals surface area contributed by atoms with E-state index in [2.05, 4.69) is 22.8 Å². The number of hydrogen-bond acceptors (Lipinski definition) is 2. The summed E-state index contributed by atoms with van der Waals surface area (Å²) in [5.41, 5.74) is 2.20. The van der Waals surface area contributed by atoms with E-state index < -0.39 is 5.41 Å². The largest absolute Gasteiger partial charge is 0.355 e. The maximum atomic E-state index is 12.5. The lowest BCUT2D eigenvalue weighted by Crippen LogP contribution is -2.40. The van der Waals surface area contributed by atoms with E-state index in [0.717, 1.165) is 24.1 Å². The Kier molecular flexibility index (Phi) is 5.17. The summed E-state index contributed by atoms with van der Waals surface area (Å²) < 4.78 is 0. The lowest BCUT2D eigenvalue weighted by molar-refractivity contribution is -0.134. The van der Waals surface area contributed by atoms with Crippen molar-refractivity contribution in [1.82, 2.24) is 5.32 Å². The summed E-state index contributed by atoms with van der Waals surface area (Å²) in [6.07, 6.45) is 3.03. The molecule has 0 aliphatic heterocycles. The standard InChI is InChI=1S/C21H24N2O2/c1-16-7-5-11-18(15-16)23-20(25)21(12-13-21)19(24)22-14-6-10-17-8-3-2-4-9-17/h2-5,7-9,11,15H,6,10,12-14H2,1H3,(H,22,24)(H,23,25). The number of aryl methyl sites for hydroxylation is 2. The van der Waals surface area contributed by atoms with Gasteiger partial charge in [0.25, 0.3) is 0 Å². The number of anilines is 1. The molecule has 3 rings (SSSR count). The molecule has 1 aliphatic carbocycles. The van der Waals surface area contributed by atoms with Crippen LogP contribution in [0.2, 0.25) is 0 Å². The van der Waals surface area contributed by atoms with Gasteiger partial charge >= 0.3 is 0 Å². The molecule has 2 amide bonds. The highest BCUT2D eigenvalue weighted by Gasteiger charge is 2.56. The van der Waals surface area contributed by atoms with E-state index in [4.69, 9.17) is 0 Å². The topological polar surface area (TPSA) is 58.2 Å². The number of amides is 2. The molecule has 2 aromatic rings. The SMILES string of the molecule is Cc1cccc(NC(=O)C2(C(=O)NCCCc3ccccc3)CC2)c1. The molecule has 4 nitrogen and oxygen atoms in total. The average molecular weight is 336 g/mol. The van der Waals surface area contributed by atoms with Crippen molar-refractivity contribution in [2.24, 2.45) is 5.41 Å². The summed E-state index contributed by atoms with van der Waals surface area (Å²) in [6, 6.07) is 17.8. The van der Waals surface area contributed by atoms with E-state index in [1.165, 1.54) is 5.56 Å². The number of nitrogens with one attached hydrogen (secondary N) is 2. The van der Waals surface area contributed by atoms with E-state index in [9.17, 15) is 9.59 Å². The van der Waals surface area contributed by atoms with Gasteiger partial charge in [-0.2, -0.15) is 0 Å². The number of hydrogen-bond donors (Lipinski definition) is 2. The summed E-state index contributed by atoms with van der Waals surface area (Å²) in [7, 11) is 0. The number of carbonyl (C=O) groups is 2. The quantitative estimate of drug-likeness (QED) is 0.601. The number of carbonyl (C=O) groups excluding carboxylic acids is 2. The molecule has 2 aromatic carbocycles. The van der Waals surface area contributed by atoms with Gasteiger partial charge in [0.05, 0.1) is 0 Å². The average Bonchev–Trinajstić information content (AvgIpc) is 3.41. The van der Waals surface area contributed by atoms with Crippen molar-refractivity contribution in [2.75, 3.05) is 11.9 Å². The van der Waals surface area contributed by atoms with Crippen LogP contribution in [-0.2, 0) is 16.0 Å². The van der Waals surface area contributed by atoms with E-state index in [1.54, 1.807) is 0 Å². The van der Waals surface area contributed by atoms with Crippen molar-refractivity contribution >= 4 is 17.5 Å². The predicted molar refractivity (Wildman–Crippen MR) is 99.2 cm³/mol. The van der Waals surface area contributed by atoms with Crippen LogP contribution in [0.3, 0.4) is 0 Å². The minimum absolute atomic E-state index is 0.147. The smallest absolute Gasteiger partial charge is 0.240 e. The van der Waals surface area contributed by atoms with Gasteiger partial charge in [-0.05, 0) is 55.9 Å². The molecule has 4 heteroatoms. The molecule has 0 radical (unpaired) electrons. The third-order valence-corrected chi connectivity index (χ3v) is 4.67. The van der Waals surface area contributed by atoms with E-state index in [-0.39, 0.29) is 11.8 Å². The van der Waals surface area contributed by atoms with Gasteiger partial charge in [0, 0.05) is 12.2 Å². The van der Waals surface area contributed by atoms with Gasteiger partial charge in [-0.1, -0.05) is 42.5 Å². The highest BCUT2D eigenvalue weighted by atomic mass is 16.2. The van der Waals surface area contributed by atoms with Crippen molar-refractivity contribution < 1.29 is 9.59 Å². The van der Waals surface area contributed by atoms with Crippen LogP contribution in [0.5, 0.6) is 0 Å². The first-order valence-corrected chi connectivity index (χ1v) is 8.80. The molecule has 1 saturated carbocycles. The Morgan fingerprint density at radius 3 is 2.44 bits per heavy atom. The van der Waals surface area contributed by atoms with E-state index in [1.807, 2.05) is 49.4 Å². The molecule has 1 aliphatic rings. The Balaban J connectivity index is 1.48. The summed E-state index contributed by atoms with van der Waals surface area (Å²) in [4.78, 5) is 25.0. The molecular formula is C21H24N2O2. The summed E-state index contributed by atoms with van der Waals surface area (Å²) in [5, 5.41) is 5.82. The van der Waals surface area contributed by atoms with Gasteiger partial charge in [-0.25, -0.2) is 0 Å². The third kappa shape index (κ3) is 4.27. The molecule has 130 valence electrons. The first-order valence-electron chi connectivity index (χ1n) is 8.80. The van der Waals surface area contributed by atoms with E-state index in [0.29, 0.717) is 19.4 Å². The highest BCUT2D eigenvalue weighted by Crippen LogP contribution is 2.46. The van der Waals surface area contributed by atoms with Gasteiger partial charge in [-0.15, -0.1) is 0 Å². The Morgan fingerprint density at radius 2 is 1.76 bits per heavy atom. The Morgan fingerprint density at radius 1 is 1.00 bits per heavy atom. The molecule has 2 N–H and O–H groups in total.